The quantitative estimate of drug-likeness (QED) is 0.800. The molecule has 0 saturated heterocycles. The Labute approximate surface area is 133 Å². The molecular weight excluding hydrogens is 333 g/mol. The van der Waals surface area contributed by atoms with Crippen molar-refractivity contribution in [2.24, 2.45) is 0 Å². The lowest BCUT2D eigenvalue weighted by Crippen LogP contribution is -2.22. The molecule has 0 amide bonds. The molecule has 0 fully saturated rings. The van der Waals surface area contributed by atoms with E-state index in [1.807, 2.05) is 12.1 Å². The average Bonchev–Trinajstić information content (AvgIpc) is 2.41. The molecule has 1 N–H and O–H groups in total. The lowest BCUT2D eigenvalue weighted by Gasteiger charge is -2.13. The Balaban J connectivity index is 2.12. The summed E-state index contributed by atoms with van der Waals surface area (Å²) in [5.74, 6) is 1.05. The van der Waals surface area contributed by atoms with Crippen LogP contribution in [0.4, 0.5) is 4.39 Å². The fraction of sp³-hybridized carbons (Fsp3) is 0.294. The highest BCUT2D eigenvalue weighted by atomic mass is 79.9. The Morgan fingerprint density at radius 2 is 1.95 bits per heavy atom. The number of rotatable bonds is 5. The van der Waals surface area contributed by atoms with Crippen molar-refractivity contribution in [1.82, 2.24) is 5.32 Å². The maximum Gasteiger partial charge on any atom is 0.141 e. The Morgan fingerprint density at radius 1 is 1.19 bits per heavy atom. The molecule has 0 bridgehead atoms. The van der Waals surface area contributed by atoms with Crippen LogP contribution in [-0.2, 0) is 6.54 Å². The Bertz CT molecular complexity index is 628. The maximum absolute atomic E-state index is 13.1. The molecule has 112 valence electrons. The van der Waals surface area contributed by atoms with Gasteiger partial charge >= 0.3 is 0 Å². The van der Waals surface area contributed by atoms with Gasteiger partial charge in [0.15, 0.2) is 0 Å². The molecule has 2 nitrogen and oxygen atoms in total. The van der Waals surface area contributed by atoms with Crippen LogP contribution in [0.2, 0.25) is 0 Å². The van der Waals surface area contributed by atoms with Crippen LogP contribution in [0.5, 0.6) is 11.5 Å². The molecular formula is C17H19BrFNO. The minimum Gasteiger partial charge on any atom is -0.456 e. The molecule has 0 aliphatic heterocycles. The van der Waals surface area contributed by atoms with Gasteiger partial charge < -0.3 is 10.1 Å². The van der Waals surface area contributed by atoms with E-state index in [1.54, 1.807) is 6.07 Å². The van der Waals surface area contributed by atoms with Crippen LogP contribution in [0.15, 0.2) is 40.9 Å². The summed E-state index contributed by atoms with van der Waals surface area (Å²) in [6.07, 6.45) is 0. The van der Waals surface area contributed by atoms with E-state index >= 15 is 0 Å². The SMILES string of the molecule is Cc1cc(Oc2ccc(F)cc2Br)ccc1CNC(C)C. The van der Waals surface area contributed by atoms with Gasteiger partial charge in [0.2, 0.25) is 0 Å². The van der Waals surface area contributed by atoms with E-state index in [-0.39, 0.29) is 5.82 Å². The topological polar surface area (TPSA) is 21.3 Å². The second-order valence-corrected chi connectivity index (χ2v) is 6.16. The first-order chi connectivity index (χ1) is 9.95. The van der Waals surface area contributed by atoms with Crippen molar-refractivity contribution in [1.29, 1.82) is 0 Å². The second kappa shape index (κ2) is 7.05. The van der Waals surface area contributed by atoms with Crippen LogP contribution in [0.3, 0.4) is 0 Å². The molecule has 2 aromatic rings. The van der Waals surface area contributed by atoms with E-state index in [4.69, 9.17) is 4.74 Å². The smallest absolute Gasteiger partial charge is 0.141 e. The van der Waals surface area contributed by atoms with Gasteiger partial charge in [0, 0.05) is 12.6 Å². The molecule has 0 aromatic heterocycles. The van der Waals surface area contributed by atoms with Gasteiger partial charge in [-0.1, -0.05) is 19.9 Å². The van der Waals surface area contributed by atoms with E-state index in [2.05, 4.69) is 48.1 Å². The fourth-order valence-corrected chi connectivity index (χ4v) is 2.36. The van der Waals surface area contributed by atoms with E-state index in [0.717, 1.165) is 12.3 Å². The zero-order valence-electron chi connectivity index (χ0n) is 12.4. The summed E-state index contributed by atoms with van der Waals surface area (Å²) in [6.45, 7) is 7.14. The van der Waals surface area contributed by atoms with E-state index in [9.17, 15) is 4.39 Å². The molecule has 2 rings (SSSR count). The molecule has 0 radical (unpaired) electrons. The minimum atomic E-state index is -0.291. The standard InChI is InChI=1S/C17H19BrFNO/c1-11(2)20-10-13-4-6-15(8-12(13)3)21-17-7-5-14(19)9-16(17)18/h4-9,11,20H,10H2,1-3H3. The highest BCUT2D eigenvalue weighted by molar-refractivity contribution is 9.10. The van der Waals surface area contributed by atoms with Gasteiger partial charge in [0.05, 0.1) is 4.47 Å². The predicted octanol–water partition coefficient (Wildman–Crippen LogP) is 5.19. The van der Waals surface area contributed by atoms with Crippen molar-refractivity contribution in [2.75, 3.05) is 0 Å². The monoisotopic (exact) mass is 351 g/mol. The molecule has 0 unspecified atom stereocenters. The van der Waals surface area contributed by atoms with Gasteiger partial charge in [-0.15, -0.1) is 0 Å². The molecule has 21 heavy (non-hydrogen) atoms. The average molecular weight is 352 g/mol. The zero-order chi connectivity index (χ0) is 15.4. The number of hydrogen-bond acceptors (Lipinski definition) is 2. The van der Waals surface area contributed by atoms with Crippen molar-refractivity contribution >= 4 is 15.9 Å². The third kappa shape index (κ3) is 4.55. The highest BCUT2D eigenvalue weighted by Gasteiger charge is 2.06. The molecule has 0 heterocycles. The first-order valence-electron chi connectivity index (χ1n) is 6.91. The lowest BCUT2D eigenvalue weighted by atomic mass is 10.1. The van der Waals surface area contributed by atoms with Crippen LogP contribution in [0, 0.1) is 12.7 Å². The second-order valence-electron chi connectivity index (χ2n) is 5.30. The zero-order valence-corrected chi connectivity index (χ0v) is 14.0. The maximum atomic E-state index is 13.1. The largest absolute Gasteiger partial charge is 0.456 e. The Kier molecular flexibility index (Phi) is 5.37. The van der Waals surface area contributed by atoms with Crippen molar-refractivity contribution in [2.45, 2.75) is 33.4 Å². The predicted molar refractivity (Wildman–Crippen MR) is 87.3 cm³/mol. The molecule has 0 aliphatic rings. The molecule has 2 aromatic carbocycles. The van der Waals surface area contributed by atoms with Crippen LogP contribution in [-0.4, -0.2) is 6.04 Å². The summed E-state index contributed by atoms with van der Waals surface area (Å²) in [5, 5.41) is 3.40. The van der Waals surface area contributed by atoms with Crippen LogP contribution in [0.1, 0.15) is 25.0 Å². The van der Waals surface area contributed by atoms with Gasteiger partial charge in [-0.25, -0.2) is 4.39 Å². The number of aryl methyl sites for hydroxylation is 1. The summed E-state index contributed by atoms with van der Waals surface area (Å²) in [7, 11) is 0. The number of hydrogen-bond donors (Lipinski definition) is 1. The van der Waals surface area contributed by atoms with Crippen molar-refractivity contribution in [3.05, 3.63) is 57.8 Å². The lowest BCUT2D eigenvalue weighted by molar-refractivity contribution is 0.476. The summed E-state index contributed by atoms with van der Waals surface area (Å²) < 4.78 is 19.5. The summed E-state index contributed by atoms with van der Waals surface area (Å²) in [5.41, 5.74) is 2.41. The van der Waals surface area contributed by atoms with Crippen molar-refractivity contribution < 1.29 is 9.13 Å². The van der Waals surface area contributed by atoms with Crippen molar-refractivity contribution in [3.63, 3.8) is 0 Å². The minimum absolute atomic E-state index is 0.291. The van der Waals surface area contributed by atoms with Gasteiger partial charge in [-0.05, 0) is 64.3 Å². The Hall–Kier alpha value is -1.39. The molecule has 0 spiro atoms. The van der Waals surface area contributed by atoms with Crippen LogP contribution < -0.4 is 10.1 Å². The van der Waals surface area contributed by atoms with Gasteiger partial charge in [0.1, 0.15) is 17.3 Å². The van der Waals surface area contributed by atoms with E-state index < -0.39 is 0 Å². The van der Waals surface area contributed by atoms with Gasteiger partial charge in [0.25, 0.3) is 0 Å². The normalized spacial score (nSPS) is 11.0. The van der Waals surface area contributed by atoms with Crippen LogP contribution >= 0.6 is 15.9 Å². The molecule has 0 atom stereocenters. The fourth-order valence-electron chi connectivity index (χ4n) is 1.93. The van der Waals surface area contributed by atoms with Crippen molar-refractivity contribution in [3.8, 4) is 11.5 Å². The number of benzene rings is 2. The first-order valence-corrected chi connectivity index (χ1v) is 7.71. The van der Waals surface area contributed by atoms with Gasteiger partial charge in [-0.3, -0.25) is 0 Å². The summed E-state index contributed by atoms with van der Waals surface area (Å²) in [6, 6.07) is 10.8. The third-order valence-electron chi connectivity index (χ3n) is 3.14. The molecule has 0 aliphatic carbocycles. The first kappa shape index (κ1) is 16.0. The van der Waals surface area contributed by atoms with E-state index in [1.165, 1.54) is 23.3 Å². The summed E-state index contributed by atoms with van der Waals surface area (Å²) >= 11 is 3.30. The highest BCUT2D eigenvalue weighted by Crippen LogP contribution is 2.31. The third-order valence-corrected chi connectivity index (χ3v) is 3.76. The molecule has 0 saturated carbocycles. The summed E-state index contributed by atoms with van der Waals surface area (Å²) in [4.78, 5) is 0. The van der Waals surface area contributed by atoms with Crippen LogP contribution in [0.25, 0.3) is 0 Å². The Morgan fingerprint density at radius 3 is 2.57 bits per heavy atom. The number of nitrogens with one attached hydrogen (secondary N) is 1. The molecule has 4 heteroatoms. The van der Waals surface area contributed by atoms with Gasteiger partial charge in [-0.2, -0.15) is 0 Å². The number of ether oxygens (including phenoxy) is 1. The number of halogens is 2. The van der Waals surface area contributed by atoms with E-state index in [0.29, 0.717) is 16.3 Å².